The molecule has 1 amide bonds. The molecule has 82 heavy (non-hydrogen) atoms. The van der Waals surface area contributed by atoms with E-state index in [0.29, 0.717) is 25.9 Å². The zero-order valence-corrected chi connectivity index (χ0v) is 55.8. The molecule has 2 unspecified atom stereocenters. The molecule has 0 fully saturated rings. The highest BCUT2D eigenvalue weighted by molar-refractivity contribution is 5.76. The van der Waals surface area contributed by atoms with Crippen molar-refractivity contribution in [2.75, 3.05) is 13.2 Å². The predicted molar refractivity (Wildman–Crippen MR) is 361 cm³/mol. The molecule has 0 aliphatic heterocycles. The van der Waals surface area contributed by atoms with Crippen LogP contribution in [0.4, 0.5) is 0 Å². The number of carbonyl (C=O) groups is 2. The lowest BCUT2D eigenvalue weighted by Crippen LogP contribution is -2.45. The molecule has 0 bridgehead atoms. The second kappa shape index (κ2) is 71.8. The van der Waals surface area contributed by atoms with Crippen LogP contribution in [0.1, 0.15) is 425 Å². The highest BCUT2D eigenvalue weighted by Crippen LogP contribution is 2.19. The number of esters is 1. The fourth-order valence-corrected chi connectivity index (χ4v) is 12.0. The van der Waals surface area contributed by atoms with Gasteiger partial charge in [-0.2, -0.15) is 0 Å². The summed E-state index contributed by atoms with van der Waals surface area (Å²) in [5.74, 6) is -0.0158. The van der Waals surface area contributed by atoms with E-state index in [1.807, 2.05) is 0 Å². The Morgan fingerprint density at radius 2 is 0.573 bits per heavy atom. The van der Waals surface area contributed by atoms with E-state index < -0.39 is 12.1 Å². The van der Waals surface area contributed by atoms with Gasteiger partial charge in [-0.1, -0.05) is 359 Å². The van der Waals surface area contributed by atoms with E-state index in [-0.39, 0.29) is 18.5 Å². The third kappa shape index (κ3) is 67.5. The second-order valence-electron chi connectivity index (χ2n) is 26.0. The second-order valence-corrected chi connectivity index (χ2v) is 26.0. The van der Waals surface area contributed by atoms with Gasteiger partial charge in [0.25, 0.3) is 0 Å². The number of ether oxygens (including phenoxy) is 1. The summed E-state index contributed by atoms with van der Waals surface area (Å²) in [6.07, 6.45) is 91.1. The van der Waals surface area contributed by atoms with Crippen LogP contribution >= 0.6 is 0 Å². The lowest BCUT2D eigenvalue weighted by atomic mass is 10.0. The maximum absolute atomic E-state index is 12.5. The minimum absolute atomic E-state index is 0.0116. The van der Waals surface area contributed by atoms with Crippen molar-refractivity contribution in [2.24, 2.45) is 0 Å². The average molecular weight is 1160 g/mol. The van der Waals surface area contributed by atoms with Gasteiger partial charge in [0.2, 0.25) is 5.91 Å². The first-order valence-corrected chi connectivity index (χ1v) is 37.6. The molecule has 6 nitrogen and oxygen atoms in total. The Balaban J connectivity index is 3.34. The van der Waals surface area contributed by atoms with E-state index in [1.54, 1.807) is 0 Å². The number of unbranched alkanes of at least 4 members (excludes halogenated alkanes) is 56. The molecule has 0 aliphatic rings. The molecule has 6 heteroatoms. The third-order valence-electron chi connectivity index (χ3n) is 17.7. The lowest BCUT2D eigenvalue weighted by Gasteiger charge is -2.22. The molecule has 486 valence electrons. The Morgan fingerprint density at radius 3 is 0.878 bits per heavy atom. The number of aliphatic hydroxyl groups excluding tert-OH is 2. The van der Waals surface area contributed by atoms with Gasteiger partial charge in [-0.3, -0.25) is 9.59 Å². The van der Waals surface area contributed by atoms with E-state index in [4.69, 9.17) is 4.74 Å². The van der Waals surface area contributed by atoms with Crippen LogP contribution < -0.4 is 5.32 Å². The van der Waals surface area contributed by atoms with Crippen molar-refractivity contribution in [1.82, 2.24) is 5.32 Å². The SMILES string of the molecule is CCCCCC/C=C\CCCCCCCC(=O)OCCCCCCCCCCCCCCCC/C=C\CCCCCCCCCCCCCCCCCCCC(=O)NC(CO)C(O)CCCCCCCCCCCCCCCCCCC. The van der Waals surface area contributed by atoms with Crippen LogP contribution in [0.2, 0.25) is 0 Å². The van der Waals surface area contributed by atoms with Crippen molar-refractivity contribution >= 4 is 11.9 Å². The zero-order chi connectivity index (χ0) is 59.2. The number of carbonyl (C=O) groups excluding carboxylic acids is 2. The summed E-state index contributed by atoms with van der Waals surface area (Å²) in [4.78, 5) is 24.6. The first-order chi connectivity index (χ1) is 40.5. The molecule has 0 aliphatic carbocycles. The molecule has 0 rings (SSSR count). The van der Waals surface area contributed by atoms with E-state index >= 15 is 0 Å². The van der Waals surface area contributed by atoms with Crippen LogP contribution in [0.3, 0.4) is 0 Å². The monoisotopic (exact) mass is 1150 g/mol. The zero-order valence-electron chi connectivity index (χ0n) is 55.8. The van der Waals surface area contributed by atoms with Gasteiger partial charge in [0.05, 0.1) is 25.4 Å². The molecule has 2 atom stereocenters. The summed E-state index contributed by atoms with van der Waals surface area (Å²) >= 11 is 0. The van der Waals surface area contributed by atoms with Gasteiger partial charge in [-0.25, -0.2) is 0 Å². The molecule has 0 saturated heterocycles. The number of allylic oxidation sites excluding steroid dienone is 4. The van der Waals surface area contributed by atoms with Gasteiger partial charge in [0, 0.05) is 12.8 Å². The first kappa shape index (κ1) is 80.3. The van der Waals surface area contributed by atoms with Crippen LogP contribution in [0.5, 0.6) is 0 Å². The number of amides is 1. The molecule has 0 aromatic carbocycles. The topological polar surface area (TPSA) is 95.9 Å². The summed E-state index contributed by atoms with van der Waals surface area (Å²) in [5, 5.41) is 23.4. The van der Waals surface area contributed by atoms with Crippen molar-refractivity contribution in [2.45, 2.75) is 437 Å². The predicted octanol–water partition coefficient (Wildman–Crippen LogP) is 24.5. The fourth-order valence-electron chi connectivity index (χ4n) is 12.0. The third-order valence-corrected chi connectivity index (χ3v) is 17.7. The Bertz CT molecular complexity index is 1280. The van der Waals surface area contributed by atoms with Crippen LogP contribution in [0.25, 0.3) is 0 Å². The summed E-state index contributed by atoms with van der Waals surface area (Å²) in [5.41, 5.74) is 0. The molecule has 0 aromatic heterocycles. The van der Waals surface area contributed by atoms with Crippen LogP contribution in [0.15, 0.2) is 24.3 Å². The summed E-state index contributed by atoms with van der Waals surface area (Å²) in [6, 6.07) is -0.539. The van der Waals surface area contributed by atoms with Crippen LogP contribution in [0, 0.1) is 0 Å². The fraction of sp³-hybridized carbons (Fsp3) is 0.921. The molecular weight excluding hydrogens is 1010 g/mol. The standard InChI is InChI=1S/C76H147NO5/c1-3-5-7-9-11-13-15-17-18-38-41-45-48-52-56-60-64-68-74(79)73(72-78)77-75(80)69-65-61-57-53-49-46-42-39-36-34-32-30-28-26-24-22-20-19-21-23-25-27-29-31-33-35-37-40-43-47-51-55-59-63-67-71-82-76(81)70-66-62-58-54-50-44-16-14-12-10-8-6-4-2/h14,16,21,23,73-74,78-79H,3-13,15,17-20,22,24-72H2,1-2H3,(H,77,80)/b16-14-,23-21-. The molecule has 0 saturated carbocycles. The van der Waals surface area contributed by atoms with Gasteiger partial charge >= 0.3 is 5.97 Å². The number of rotatable bonds is 71. The quantitative estimate of drug-likeness (QED) is 0.0320. The molecule has 0 heterocycles. The van der Waals surface area contributed by atoms with Gasteiger partial charge in [0.15, 0.2) is 0 Å². The van der Waals surface area contributed by atoms with E-state index in [1.165, 1.54) is 347 Å². The summed E-state index contributed by atoms with van der Waals surface area (Å²) in [7, 11) is 0. The minimum Gasteiger partial charge on any atom is -0.466 e. The number of hydrogen-bond donors (Lipinski definition) is 3. The number of nitrogens with one attached hydrogen (secondary N) is 1. The minimum atomic E-state index is -0.662. The molecule has 3 N–H and O–H groups in total. The molecule has 0 aromatic rings. The Kier molecular flexibility index (Phi) is 70.4. The van der Waals surface area contributed by atoms with Crippen molar-refractivity contribution in [1.29, 1.82) is 0 Å². The molecular formula is C76H147NO5. The van der Waals surface area contributed by atoms with E-state index in [0.717, 1.165) is 44.9 Å². The normalized spacial score (nSPS) is 12.6. The highest BCUT2D eigenvalue weighted by atomic mass is 16.5. The van der Waals surface area contributed by atoms with Crippen molar-refractivity contribution < 1.29 is 24.5 Å². The van der Waals surface area contributed by atoms with Crippen LogP contribution in [-0.4, -0.2) is 47.4 Å². The number of hydrogen-bond acceptors (Lipinski definition) is 5. The average Bonchev–Trinajstić information content (AvgIpc) is 3.48. The molecule has 0 radical (unpaired) electrons. The Morgan fingerprint density at radius 1 is 0.329 bits per heavy atom. The summed E-state index contributed by atoms with van der Waals surface area (Å²) < 4.78 is 5.48. The lowest BCUT2D eigenvalue weighted by molar-refractivity contribution is -0.143. The van der Waals surface area contributed by atoms with Crippen molar-refractivity contribution in [3.8, 4) is 0 Å². The van der Waals surface area contributed by atoms with Crippen molar-refractivity contribution in [3.05, 3.63) is 24.3 Å². The largest absolute Gasteiger partial charge is 0.466 e. The number of aliphatic hydroxyl groups is 2. The van der Waals surface area contributed by atoms with Gasteiger partial charge in [-0.15, -0.1) is 0 Å². The van der Waals surface area contributed by atoms with Gasteiger partial charge in [-0.05, 0) is 77.0 Å². The Labute approximate surface area is 513 Å². The van der Waals surface area contributed by atoms with E-state index in [9.17, 15) is 19.8 Å². The Hall–Kier alpha value is -1.66. The summed E-state index contributed by atoms with van der Waals surface area (Å²) in [6.45, 7) is 4.98. The van der Waals surface area contributed by atoms with Crippen LogP contribution in [-0.2, 0) is 14.3 Å². The maximum atomic E-state index is 12.5. The highest BCUT2D eigenvalue weighted by Gasteiger charge is 2.20. The maximum Gasteiger partial charge on any atom is 0.305 e. The van der Waals surface area contributed by atoms with Gasteiger partial charge < -0.3 is 20.3 Å². The van der Waals surface area contributed by atoms with Gasteiger partial charge in [0.1, 0.15) is 0 Å². The smallest absolute Gasteiger partial charge is 0.305 e. The molecule has 0 spiro atoms. The van der Waals surface area contributed by atoms with E-state index in [2.05, 4.69) is 43.5 Å². The van der Waals surface area contributed by atoms with Crippen molar-refractivity contribution in [3.63, 3.8) is 0 Å². The first-order valence-electron chi connectivity index (χ1n) is 37.6.